The van der Waals surface area contributed by atoms with Crippen LogP contribution in [0.3, 0.4) is 0 Å². The normalized spacial score (nSPS) is 12.0. The maximum atomic E-state index is 13.1. The molecule has 0 amide bonds. The number of hydrogen-bond donors (Lipinski definition) is 0. The highest BCUT2D eigenvalue weighted by atomic mass is 32.3. The second-order valence-corrected chi connectivity index (χ2v) is 4.59. The summed E-state index contributed by atoms with van der Waals surface area (Å²) in [4.78, 5) is 19.8. The van der Waals surface area contributed by atoms with Crippen LogP contribution >= 0.6 is 0 Å². The molecule has 19 heavy (non-hydrogen) atoms. The van der Waals surface area contributed by atoms with E-state index in [1.165, 1.54) is 6.07 Å². The van der Waals surface area contributed by atoms with Crippen LogP contribution in [0.4, 0.5) is 9.57 Å². The van der Waals surface area contributed by atoms with E-state index in [0.29, 0.717) is 6.08 Å². The summed E-state index contributed by atoms with van der Waals surface area (Å²) in [5, 5.41) is 10.6. The van der Waals surface area contributed by atoms with Gasteiger partial charge >= 0.3 is 16.2 Å². The summed E-state index contributed by atoms with van der Waals surface area (Å²) in [5.74, 6) is -1.09. The van der Waals surface area contributed by atoms with Crippen molar-refractivity contribution >= 4 is 26.8 Å². The van der Waals surface area contributed by atoms with Crippen LogP contribution in [0.5, 0.6) is 0 Å². The molecule has 0 aliphatic rings. The number of nitro benzene ring substituents is 1. The van der Waals surface area contributed by atoms with Crippen molar-refractivity contribution in [3.8, 4) is 0 Å². The predicted octanol–water partition coefficient (Wildman–Crippen LogP) is 1.41. The molecule has 0 bridgehead atoms. The average molecular weight is 289 g/mol. The van der Waals surface area contributed by atoms with E-state index in [-0.39, 0.29) is 5.56 Å². The van der Waals surface area contributed by atoms with Gasteiger partial charge in [0.1, 0.15) is 4.91 Å². The van der Waals surface area contributed by atoms with Crippen LogP contribution in [-0.2, 0) is 19.8 Å². The van der Waals surface area contributed by atoms with Crippen LogP contribution in [0.1, 0.15) is 5.56 Å². The van der Waals surface area contributed by atoms with Gasteiger partial charge in [0.2, 0.25) is 0 Å². The number of hydrogen-bond acceptors (Lipinski definition) is 6. The topological polar surface area (TPSA) is 104 Å². The number of carbonyl (C=O) groups is 1. The van der Waals surface area contributed by atoms with Crippen molar-refractivity contribution in [1.82, 2.24) is 0 Å². The fourth-order valence-corrected chi connectivity index (χ4v) is 1.88. The van der Waals surface area contributed by atoms with E-state index in [1.807, 2.05) is 0 Å². The number of ether oxygens (including phenoxy) is 1. The molecule has 7 nitrogen and oxygen atoms in total. The Balaban J connectivity index is 3.43. The van der Waals surface area contributed by atoms with Gasteiger partial charge in [-0.2, -0.15) is 8.42 Å². The minimum atomic E-state index is -5.23. The van der Waals surface area contributed by atoms with Crippen molar-refractivity contribution < 1.29 is 26.8 Å². The monoisotopic (exact) mass is 289 g/mol. The molecular weight excluding hydrogens is 281 g/mol. The molecular formula is C10H8FNO6S. The zero-order chi connectivity index (χ0) is 14.6. The van der Waals surface area contributed by atoms with Gasteiger partial charge in [-0.3, -0.25) is 10.1 Å². The Bertz CT molecular complexity index is 652. The van der Waals surface area contributed by atoms with Gasteiger partial charge < -0.3 is 4.74 Å². The molecule has 1 rings (SSSR count). The van der Waals surface area contributed by atoms with Crippen molar-refractivity contribution in [2.75, 3.05) is 7.11 Å². The first kappa shape index (κ1) is 14.8. The number of non-ortho nitro benzene ring substituents is 1. The van der Waals surface area contributed by atoms with E-state index in [2.05, 4.69) is 4.74 Å². The third-order valence-corrected chi connectivity index (χ3v) is 2.93. The Morgan fingerprint density at radius 3 is 2.58 bits per heavy atom. The molecule has 102 valence electrons. The molecule has 0 aromatic heterocycles. The molecule has 0 N–H and O–H groups in total. The number of carbonyl (C=O) groups excluding carboxylic acids is 1. The van der Waals surface area contributed by atoms with E-state index in [9.17, 15) is 27.2 Å². The molecule has 0 radical (unpaired) electrons. The van der Waals surface area contributed by atoms with Crippen LogP contribution in [-0.4, -0.2) is 26.4 Å². The van der Waals surface area contributed by atoms with Crippen LogP contribution in [0.15, 0.2) is 30.3 Å². The Labute approximate surface area is 107 Å². The zero-order valence-electron chi connectivity index (χ0n) is 9.57. The highest BCUT2D eigenvalue weighted by Crippen LogP contribution is 2.25. The largest absolute Gasteiger partial charge is 0.466 e. The first-order valence-electron chi connectivity index (χ1n) is 4.75. The summed E-state index contributed by atoms with van der Waals surface area (Å²) < 4.78 is 39.2. The number of methoxy groups -OCH3 is 1. The molecule has 1 aromatic rings. The lowest BCUT2D eigenvalue weighted by molar-refractivity contribution is -0.384. The van der Waals surface area contributed by atoms with Crippen molar-refractivity contribution in [3.05, 3.63) is 46.0 Å². The lowest BCUT2D eigenvalue weighted by atomic mass is 10.2. The Kier molecular flexibility index (Phi) is 4.33. The van der Waals surface area contributed by atoms with Gasteiger partial charge in [0.15, 0.2) is 0 Å². The summed E-state index contributed by atoms with van der Waals surface area (Å²) in [6.07, 6.45) is 0.411. The van der Waals surface area contributed by atoms with Crippen LogP contribution < -0.4 is 0 Å². The van der Waals surface area contributed by atoms with Crippen molar-refractivity contribution in [1.29, 1.82) is 0 Å². The number of benzene rings is 1. The molecule has 0 aliphatic heterocycles. The predicted molar refractivity (Wildman–Crippen MR) is 63.1 cm³/mol. The molecule has 0 fully saturated rings. The molecule has 0 spiro atoms. The van der Waals surface area contributed by atoms with Gasteiger partial charge in [-0.25, -0.2) is 4.79 Å². The van der Waals surface area contributed by atoms with Crippen LogP contribution in [0, 0.1) is 10.1 Å². The molecule has 0 saturated heterocycles. The maximum Gasteiger partial charge on any atom is 0.332 e. The smallest absolute Gasteiger partial charge is 0.332 e. The van der Waals surface area contributed by atoms with Crippen LogP contribution in [0.25, 0.3) is 4.91 Å². The summed E-state index contributed by atoms with van der Waals surface area (Å²) in [7, 11) is -4.25. The van der Waals surface area contributed by atoms with E-state index in [0.717, 1.165) is 25.3 Å². The third kappa shape index (κ3) is 3.85. The Morgan fingerprint density at radius 1 is 1.47 bits per heavy atom. The lowest BCUT2D eigenvalue weighted by Gasteiger charge is -2.02. The second kappa shape index (κ2) is 5.57. The quantitative estimate of drug-likeness (QED) is 0.273. The van der Waals surface area contributed by atoms with Crippen molar-refractivity contribution in [2.45, 2.75) is 0 Å². The highest BCUT2D eigenvalue weighted by Gasteiger charge is 2.22. The fourth-order valence-electron chi connectivity index (χ4n) is 1.23. The molecule has 1 aromatic carbocycles. The summed E-state index contributed by atoms with van der Waals surface area (Å²) in [6.45, 7) is 0. The Morgan fingerprint density at radius 2 is 2.11 bits per heavy atom. The van der Waals surface area contributed by atoms with Gasteiger partial charge in [0, 0.05) is 23.8 Å². The fraction of sp³-hybridized carbons (Fsp3) is 0.100. The number of rotatable bonds is 4. The molecule has 0 aliphatic carbocycles. The lowest BCUT2D eigenvalue weighted by Crippen LogP contribution is -2.03. The highest BCUT2D eigenvalue weighted by molar-refractivity contribution is 7.96. The molecule has 0 unspecified atom stereocenters. The van der Waals surface area contributed by atoms with Crippen molar-refractivity contribution in [2.24, 2.45) is 0 Å². The van der Waals surface area contributed by atoms with Gasteiger partial charge in [0.05, 0.1) is 12.0 Å². The van der Waals surface area contributed by atoms with E-state index in [1.54, 1.807) is 0 Å². The number of nitrogens with zero attached hydrogens (tertiary/aromatic N) is 1. The van der Waals surface area contributed by atoms with Gasteiger partial charge in [-0.05, 0) is 0 Å². The van der Waals surface area contributed by atoms with E-state index >= 15 is 0 Å². The minimum absolute atomic E-state index is 0.317. The SMILES string of the molecule is COC(=O)/C=C(\c1cccc([N+](=O)[O-])c1)S(=O)(=O)F. The van der Waals surface area contributed by atoms with E-state index < -0.39 is 31.7 Å². The minimum Gasteiger partial charge on any atom is -0.466 e. The molecule has 0 heterocycles. The summed E-state index contributed by atoms with van der Waals surface area (Å²) >= 11 is 0. The summed E-state index contributed by atoms with van der Waals surface area (Å²) in [6, 6.07) is 4.23. The number of esters is 1. The zero-order valence-corrected chi connectivity index (χ0v) is 10.4. The third-order valence-electron chi connectivity index (χ3n) is 2.05. The average Bonchev–Trinajstić information content (AvgIpc) is 2.34. The molecule has 9 heteroatoms. The van der Waals surface area contributed by atoms with Crippen LogP contribution in [0.2, 0.25) is 0 Å². The standard InChI is InChI=1S/C10H8FNO6S/c1-18-10(13)6-9(19(11,16)17)7-3-2-4-8(5-7)12(14)15/h2-6H,1H3/b9-6+. The van der Waals surface area contributed by atoms with Crippen molar-refractivity contribution in [3.63, 3.8) is 0 Å². The van der Waals surface area contributed by atoms with Gasteiger partial charge in [-0.15, -0.1) is 3.89 Å². The number of nitro groups is 1. The summed E-state index contributed by atoms with van der Waals surface area (Å²) in [5.41, 5.74) is -0.751. The number of halogens is 1. The molecule has 0 atom stereocenters. The Hall–Kier alpha value is -2.29. The second-order valence-electron chi connectivity index (χ2n) is 3.28. The van der Waals surface area contributed by atoms with E-state index in [4.69, 9.17) is 0 Å². The first-order chi connectivity index (χ1) is 8.75. The van der Waals surface area contributed by atoms with Gasteiger partial charge in [0.25, 0.3) is 5.69 Å². The maximum absolute atomic E-state index is 13.1. The first-order valence-corrected chi connectivity index (χ1v) is 6.13. The molecule has 0 saturated carbocycles. The van der Waals surface area contributed by atoms with Gasteiger partial charge in [-0.1, -0.05) is 12.1 Å².